The first-order chi connectivity index (χ1) is 18.9. The van der Waals surface area contributed by atoms with Crippen molar-refractivity contribution in [3.05, 3.63) is 64.7 Å². The highest BCUT2D eigenvalue weighted by Crippen LogP contribution is 2.53. The Morgan fingerprint density at radius 3 is 2.62 bits per heavy atom. The summed E-state index contributed by atoms with van der Waals surface area (Å²) in [7, 11) is 0. The second-order valence-corrected chi connectivity index (χ2v) is 10.5. The topological polar surface area (TPSA) is 99.6 Å². The largest absolute Gasteiger partial charge is 0.507 e. The Kier molecular flexibility index (Phi) is 6.43. The molecule has 0 unspecified atom stereocenters. The number of rotatable bonds is 6. The maximum Gasteiger partial charge on any atom is 0.296 e. The van der Waals surface area contributed by atoms with Gasteiger partial charge in [-0.05, 0) is 50.1 Å². The van der Waals surface area contributed by atoms with Crippen LogP contribution in [-0.2, 0) is 31.1 Å². The van der Waals surface area contributed by atoms with Crippen molar-refractivity contribution in [2.24, 2.45) is 0 Å². The van der Waals surface area contributed by atoms with Gasteiger partial charge < -0.3 is 24.4 Å². The van der Waals surface area contributed by atoms with Crippen molar-refractivity contribution in [3.63, 3.8) is 0 Å². The number of carbonyl (C=O) groups is 3. The first-order valence-corrected chi connectivity index (χ1v) is 13.7. The summed E-state index contributed by atoms with van der Waals surface area (Å²) < 4.78 is 11.2. The maximum absolute atomic E-state index is 14.3. The summed E-state index contributed by atoms with van der Waals surface area (Å²) in [6.07, 6.45) is 1.25. The van der Waals surface area contributed by atoms with Crippen molar-refractivity contribution in [2.75, 3.05) is 50.8 Å². The zero-order valence-electron chi connectivity index (χ0n) is 22.3. The fraction of sp³-hybridized carbons (Fsp3) is 0.433. The zero-order valence-corrected chi connectivity index (χ0v) is 22.3. The molecule has 2 saturated heterocycles. The number of para-hydroxylation sites is 1. The molecule has 0 bridgehead atoms. The minimum Gasteiger partial charge on any atom is -0.507 e. The lowest BCUT2D eigenvalue weighted by atomic mass is 9.81. The molecule has 4 aliphatic heterocycles. The van der Waals surface area contributed by atoms with E-state index in [1.165, 1.54) is 4.90 Å². The molecular weight excluding hydrogens is 498 g/mol. The van der Waals surface area contributed by atoms with E-state index in [4.69, 9.17) is 9.47 Å². The monoisotopic (exact) mass is 531 g/mol. The third-order valence-corrected chi connectivity index (χ3v) is 8.25. The normalized spacial score (nSPS) is 25.9. The summed E-state index contributed by atoms with van der Waals surface area (Å²) in [5.74, 6) is -1.61. The van der Waals surface area contributed by atoms with Gasteiger partial charge in [0.25, 0.3) is 17.6 Å². The number of likely N-dealkylation sites (tertiary alicyclic amines) is 1. The molecule has 2 aromatic rings. The van der Waals surface area contributed by atoms with Crippen LogP contribution in [0.3, 0.4) is 0 Å². The van der Waals surface area contributed by atoms with E-state index in [0.717, 1.165) is 24.4 Å². The van der Waals surface area contributed by atoms with Gasteiger partial charge in [-0.3, -0.25) is 19.3 Å². The summed E-state index contributed by atoms with van der Waals surface area (Å²) in [6.45, 7) is 8.02. The van der Waals surface area contributed by atoms with Gasteiger partial charge in [0.05, 0.1) is 24.5 Å². The molecule has 2 amide bonds. The number of carbonyl (C=O) groups excluding carboxylic acids is 3. The molecule has 2 aromatic carbocycles. The van der Waals surface area contributed by atoms with Crippen LogP contribution < -0.4 is 9.64 Å². The van der Waals surface area contributed by atoms with Crippen LogP contribution in [0.1, 0.15) is 37.0 Å². The Hall–Kier alpha value is -3.69. The lowest BCUT2D eigenvalue weighted by molar-refractivity contribution is -0.143. The number of ether oxygens (including phenoxy) is 2. The number of aliphatic hydroxyl groups excluding tert-OH is 1. The summed E-state index contributed by atoms with van der Waals surface area (Å²) in [6, 6.07) is 12.5. The van der Waals surface area contributed by atoms with Gasteiger partial charge in [0, 0.05) is 50.3 Å². The fourth-order valence-electron chi connectivity index (χ4n) is 6.47. The molecule has 0 saturated carbocycles. The third-order valence-electron chi connectivity index (χ3n) is 8.25. The van der Waals surface area contributed by atoms with Crippen molar-refractivity contribution < 1.29 is 29.0 Å². The predicted molar refractivity (Wildman–Crippen MR) is 145 cm³/mol. The minimum absolute atomic E-state index is 0.00874. The molecule has 204 valence electrons. The number of benzene rings is 2. The molecule has 9 nitrogen and oxygen atoms in total. The van der Waals surface area contributed by atoms with E-state index in [1.54, 1.807) is 35.2 Å². The van der Waals surface area contributed by atoms with Gasteiger partial charge in [-0.1, -0.05) is 18.2 Å². The van der Waals surface area contributed by atoms with Gasteiger partial charge in [0.1, 0.15) is 17.6 Å². The number of hydrogen-bond donors (Lipinski definition) is 1. The SMILES string of the molecule is CCN1C(=O)[C@]2(C(=C(O)c3ccc4c(c3)C[C@H](C)O4)C(=O)C(=O)N2CCCN2CCOCC2)c2ccccc21. The van der Waals surface area contributed by atoms with Crippen molar-refractivity contribution in [1.29, 1.82) is 0 Å². The number of ketones is 1. The fourth-order valence-corrected chi connectivity index (χ4v) is 6.47. The number of aliphatic hydroxyl groups is 1. The molecule has 2 fully saturated rings. The van der Waals surface area contributed by atoms with Crippen LogP contribution in [0.25, 0.3) is 5.76 Å². The second kappa shape index (κ2) is 9.81. The standard InChI is InChI=1S/C30H33N3O6/c1-3-32-23-8-5-4-7-22(23)30(29(32)37)25(26(34)20-9-10-24-21(18-20)17-19(2)39-24)27(35)28(36)33(30)12-6-11-31-13-15-38-16-14-31/h4-5,7-10,18-19,34H,3,6,11-17H2,1-2H3/t19-,30+/m0/s1. The first kappa shape index (κ1) is 25.6. The molecule has 0 radical (unpaired) electrons. The van der Waals surface area contributed by atoms with Crippen LogP contribution >= 0.6 is 0 Å². The maximum atomic E-state index is 14.3. The van der Waals surface area contributed by atoms with Gasteiger partial charge in [0.2, 0.25) is 0 Å². The van der Waals surface area contributed by atoms with Gasteiger partial charge >= 0.3 is 0 Å². The van der Waals surface area contributed by atoms with Gasteiger partial charge in [-0.15, -0.1) is 0 Å². The molecule has 39 heavy (non-hydrogen) atoms. The zero-order chi connectivity index (χ0) is 27.3. The summed E-state index contributed by atoms with van der Waals surface area (Å²) in [5, 5.41) is 11.7. The van der Waals surface area contributed by atoms with Crippen molar-refractivity contribution >= 4 is 29.0 Å². The number of likely N-dealkylation sites (N-methyl/N-ethyl adjacent to an activating group) is 1. The average Bonchev–Trinajstić information content (AvgIpc) is 3.52. The van der Waals surface area contributed by atoms with Gasteiger partial charge in [0.15, 0.2) is 5.54 Å². The molecule has 0 aliphatic carbocycles. The van der Waals surface area contributed by atoms with Crippen molar-refractivity contribution in [3.8, 4) is 5.75 Å². The molecule has 1 spiro atoms. The van der Waals surface area contributed by atoms with E-state index in [2.05, 4.69) is 4.90 Å². The quantitative estimate of drug-likeness (QED) is 0.348. The van der Waals surface area contributed by atoms with Gasteiger partial charge in [-0.25, -0.2) is 0 Å². The number of hydrogen-bond acceptors (Lipinski definition) is 7. The van der Waals surface area contributed by atoms with Crippen LogP contribution in [0.5, 0.6) is 5.75 Å². The van der Waals surface area contributed by atoms with E-state index in [9.17, 15) is 19.5 Å². The Bertz CT molecular complexity index is 1380. The molecule has 4 heterocycles. The van der Waals surface area contributed by atoms with E-state index in [-0.39, 0.29) is 24.0 Å². The lowest BCUT2D eigenvalue weighted by Crippen LogP contribution is -2.52. The van der Waals surface area contributed by atoms with Crippen LogP contribution in [0, 0.1) is 0 Å². The summed E-state index contributed by atoms with van der Waals surface area (Å²) in [5.41, 5.74) is 0.595. The van der Waals surface area contributed by atoms with E-state index in [0.29, 0.717) is 56.0 Å². The van der Waals surface area contributed by atoms with E-state index < -0.39 is 23.1 Å². The number of Topliss-reactive ketones (excluding diaryl/α,β-unsaturated/α-hetero) is 1. The number of anilines is 1. The Labute approximate surface area is 227 Å². The third kappa shape index (κ3) is 3.86. The van der Waals surface area contributed by atoms with E-state index >= 15 is 0 Å². The second-order valence-electron chi connectivity index (χ2n) is 10.5. The molecule has 2 atom stereocenters. The molecule has 6 rings (SSSR count). The lowest BCUT2D eigenvalue weighted by Gasteiger charge is -2.35. The average molecular weight is 532 g/mol. The molecule has 0 aromatic heterocycles. The molecular formula is C30H33N3O6. The van der Waals surface area contributed by atoms with Crippen LogP contribution in [0.4, 0.5) is 5.69 Å². The molecule has 4 aliphatic rings. The Morgan fingerprint density at radius 2 is 1.85 bits per heavy atom. The van der Waals surface area contributed by atoms with Crippen LogP contribution in [0.2, 0.25) is 0 Å². The highest BCUT2D eigenvalue weighted by atomic mass is 16.5. The number of fused-ring (bicyclic) bond motifs is 3. The Balaban J connectivity index is 1.48. The van der Waals surface area contributed by atoms with Crippen molar-refractivity contribution in [1.82, 2.24) is 9.80 Å². The van der Waals surface area contributed by atoms with Gasteiger partial charge in [-0.2, -0.15) is 0 Å². The van der Waals surface area contributed by atoms with E-state index in [1.807, 2.05) is 26.0 Å². The molecule has 1 N–H and O–H groups in total. The highest BCUT2D eigenvalue weighted by molar-refractivity contribution is 6.50. The minimum atomic E-state index is -1.72. The predicted octanol–water partition coefficient (Wildman–Crippen LogP) is 2.67. The summed E-state index contributed by atoms with van der Waals surface area (Å²) >= 11 is 0. The van der Waals surface area contributed by atoms with Crippen LogP contribution in [0.15, 0.2) is 48.0 Å². The van der Waals surface area contributed by atoms with Crippen LogP contribution in [-0.4, -0.2) is 84.5 Å². The molecule has 9 heteroatoms. The van der Waals surface area contributed by atoms with Crippen molar-refractivity contribution in [2.45, 2.75) is 38.3 Å². The first-order valence-electron chi connectivity index (χ1n) is 13.7. The Morgan fingerprint density at radius 1 is 1.08 bits per heavy atom. The number of morpholine rings is 1. The number of nitrogens with zero attached hydrogens (tertiary/aromatic N) is 3. The summed E-state index contributed by atoms with van der Waals surface area (Å²) in [4.78, 5) is 47.0. The highest BCUT2D eigenvalue weighted by Gasteiger charge is 2.66. The smallest absolute Gasteiger partial charge is 0.296 e. The number of amides is 2.